The van der Waals surface area contributed by atoms with Gasteiger partial charge in [-0.15, -0.1) is 0 Å². The van der Waals surface area contributed by atoms with E-state index in [2.05, 4.69) is 82.3 Å². The molecule has 6 aliphatic heterocycles. The summed E-state index contributed by atoms with van der Waals surface area (Å²) in [4.78, 5) is 78.2. The molecule has 2 aromatic heterocycles. The SMILES string of the molecule is CC(C)(C=O)N1CCOCC1.[C-]#[N+]C(=CC(C)(C)N1CCOCC1)C(=O)N1CCC[C@@H]1CNC(=O)N[C@@H](Cc1coc2ccccc12)B1O[C@@H]2C[C@@H]3C[C@@H](C3(C)C)[C@]2(C)O1.[C-]#[N+]CC(=O)N1CCC[C@@H]1CNC(=O)N[C@@H](Cc1coc2ccccc12)B1O[C@@H]2C[C@@H]3C[C@@H](C3(C)C)[C@]2(C)O1. The summed E-state index contributed by atoms with van der Waals surface area (Å²) in [5.74, 6) is 0.713. The van der Waals surface area contributed by atoms with Crippen LogP contribution in [0.2, 0.25) is 0 Å². The molecule has 0 spiro atoms. The molecule has 12 atom stereocenters. The van der Waals surface area contributed by atoms with Gasteiger partial charge in [-0.05, 0) is 164 Å². The van der Waals surface area contributed by atoms with Gasteiger partial charge >= 0.3 is 32.2 Å². The molecule has 6 aliphatic carbocycles. The second kappa shape index (κ2) is 29.3. The van der Waals surface area contributed by atoms with Crippen molar-refractivity contribution in [2.24, 2.45) is 34.5 Å². The molecule has 6 amide bonds. The van der Waals surface area contributed by atoms with Crippen LogP contribution in [0.5, 0.6) is 0 Å². The Balaban J connectivity index is 0.000000166. The number of fused-ring (bicyclic) bond motifs is 2. The fourth-order valence-corrected chi connectivity index (χ4v) is 18.2. The molecule has 6 saturated carbocycles. The number of morpholine rings is 2. The number of benzene rings is 2. The highest BCUT2D eigenvalue weighted by Crippen LogP contribution is 2.67. The largest absolute Gasteiger partial charge is 0.482 e. The fraction of sp³-hybridized carbons (Fsp3) is 0.662. The van der Waals surface area contributed by atoms with Crippen molar-refractivity contribution in [3.8, 4) is 0 Å². The molecule has 4 bridgehead atoms. The minimum absolute atomic E-state index is 0.00763. The maximum absolute atomic E-state index is 13.7. The van der Waals surface area contributed by atoms with E-state index in [1.165, 1.54) is 0 Å². The summed E-state index contributed by atoms with van der Waals surface area (Å²) in [7, 11) is -1.20. The van der Waals surface area contributed by atoms with E-state index in [1.54, 1.807) is 28.4 Å². The number of nitrogens with one attached hydrogen (secondary N) is 4. The van der Waals surface area contributed by atoms with Crippen molar-refractivity contribution in [3.63, 3.8) is 0 Å². The molecule has 4 aromatic rings. The van der Waals surface area contributed by atoms with Crippen molar-refractivity contribution in [1.29, 1.82) is 0 Å². The average molecular weight is 1360 g/mol. The van der Waals surface area contributed by atoms with Gasteiger partial charge < -0.3 is 77.6 Å². The minimum Gasteiger partial charge on any atom is -0.464 e. The predicted octanol–water partition coefficient (Wildman–Crippen LogP) is 8.93. The Hall–Kier alpha value is -6.80. The predicted molar refractivity (Wildman–Crippen MR) is 375 cm³/mol. The number of para-hydroxylation sites is 2. The maximum atomic E-state index is 13.7. The Labute approximate surface area is 584 Å². The zero-order valence-corrected chi connectivity index (χ0v) is 59.6. The van der Waals surface area contributed by atoms with Gasteiger partial charge in [0.25, 0.3) is 12.5 Å². The quantitative estimate of drug-likeness (QED) is 0.0315. The number of aldehydes is 1. The summed E-state index contributed by atoms with van der Waals surface area (Å²) in [5.41, 5.74) is 2.54. The number of urea groups is 2. The molecule has 16 rings (SSSR count). The van der Waals surface area contributed by atoms with Crippen molar-refractivity contribution in [2.75, 3.05) is 85.3 Å². The van der Waals surface area contributed by atoms with Gasteiger partial charge in [-0.3, -0.25) is 19.4 Å². The molecular formula is C74H102B2N10O13. The molecule has 2 aromatic carbocycles. The molecule has 12 aliphatic rings. The van der Waals surface area contributed by atoms with Crippen LogP contribution in [-0.4, -0.2) is 208 Å². The lowest BCUT2D eigenvalue weighted by atomic mass is 9.43. The monoisotopic (exact) mass is 1360 g/mol. The van der Waals surface area contributed by atoms with E-state index in [0.29, 0.717) is 69.4 Å². The van der Waals surface area contributed by atoms with Gasteiger partial charge in [-0.1, -0.05) is 70.2 Å². The number of hydrogen-bond acceptors (Lipinski definition) is 15. The maximum Gasteiger partial charge on any atom is 0.482 e. The number of hydrogen-bond donors (Lipinski definition) is 4. The minimum atomic E-state index is -0.615. The molecule has 25 heteroatoms. The van der Waals surface area contributed by atoms with Gasteiger partial charge in [0.1, 0.15) is 17.5 Å². The van der Waals surface area contributed by atoms with E-state index >= 15 is 0 Å². The average Bonchev–Trinajstić information content (AvgIpc) is 1.67. The first-order valence-electron chi connectivity index (χ1n) is 36.1. The van der Waals surface area contributed by atoms with Crippen LogP contribution in [0.1, 0.15) is 132 Å². The number of nitrogens with zero attached hydrogens (tertiary/aromatic N) is 6. The van der Waals surface area contributed by atoms with Crippen LogP contribution in [0, 0.1) is 47.6 Å². The molecule has 4 N–H and O–H groups in total. The van der Waals surface area contributed by atoms with Crippen LogP contribution >= 0.6 is 0 Å². The lowest BCUT2D eigenvalue weighted by Crippen LogP contribution is -2.65. The number of carbonyl (C=O) groups excluding carboxylic acids is 5. The third-order valence-electron chi connectivity index (χ3n) is 24.5. The first-order valence-corrected chi connectivity index (χ1v) is 36.1. The van der Waals surface area contributed by atoms with E-state index in [-0.39, 0.29) is 88.9 Å². The van der Waals surface area contributed by atoms with Gasteiger partial charge in [0.15, 0.2) is 0 Å². The normalized spacial score (nSPS) is 29.8. The Morgan fingerprint density at radius 1 is 0.626 bits per heavy atom. The van der Waals surface area contributed by atoms with Crippen molar-refractivity contribution in [2.45, 2.75) is 192 Å². The standard InChI is InChI=1S/C37H50BN5O6.C29H37BN4O5.C8H15NO2/c1-35(2,42-14-16-46-17-15-42)21-28(39-6)33(44)43-13-9-10-26(43)22-40-34(45)41-32(18-24-23-47-29-12-8-7-11-27(24)29)38-48-31-20-25-19-30(36(25,3)4)37(31,5)49-38;1-28(2)19-13-23(28)29(3)24(14-19)38-30(39-29)25(12-18-17-37-22-10-6-5-9-21(18)22)33-27(36)32-15-20-8-7-11-34(20)26(35)16-31-4;1-8(2,7-10)9-3-5-11-6-4-9/h7-8,11-12,21,23,25-26,30-32H,9-10,13-20,22H2,1-5H3,(H2,40,41,45);5-6,9-10,17,19-20,23-25H,7-8,11-16H2,1-3H3,(H2,32,33,36);7H,3-6H2,1-2H3/t25-,26+,30-,31+,32-,37-;19-,20+,23-,24+,25-,29-;/m00./s1. The van der Waals surface area contributed by atoms with Crippen molar-refractivity contribution in [1.82, 2.24) is 40.9 Å². The fourth-order valence-electron chi connectivity index (χ4n) is 18.2. The van der Waals surface area contributed by atoms with Crippen LogP contribution < -0.4 is 21.3 Å². The van der Waals surface area contributed by atoms with Gasteiger partial charge in [0.05, 0.1) is 86.4 Å². The van der Waals surface area contributed by atoms with Crippen LogP contribution in [0.15, 0.2) is 81.7 Å². The molecule has 532 valence electrons. The molecule has 0 unspecified atom stereocenters. The first kappa shape index (κ1) is 72.0. The zero-order chi connectivity index (χ0) is 70.2. The van der Waals surface area contributed by atoms with Crippen LogP contribution in [0.25, 0.3) is 31.6 Å². The van der Waals surface area contributed by atoms with Gasteiger partial charge in [0, 0.05) is 80.8 Å². The van der Waals surface area contributed by atoms with E-state index < -0.39 is 37.3 Å². The summed E-state index contributed by atoms with van der Waals surface area (Å²) >= 11 is 0. The van der Waals surface area contributed by atoms with E-state index in [0.717, 1.165) is 130 Å². The van der Waals surface area contributed by atoms with Gasteiger partial charge in [-0.25, -0.2) is 21.0 Å². The van der Waals surface area contributed by atoms with E-state index in [4.69, 9.17) is 50.1 Å². The first-order chi connectivity index (χ1) is 47.3. The van der Waals surface area contributed by atoms with Crippen molar-refractivity contribution >= 4 is 66.3 Å². The lowest BCUT2D eigenvalue weighted by Gasteiger charge is -2.64. The number of likely N-dealkylation sites (tertiary alicyclic amines) is 2. The molecule has 99 heavy (non-hydrogen) atoms. The number of carbonyl (C=O) groups is 5. The third-order valence-corrected chi connectivity index (χ3v) is 24.5. The Kier molecular flexibility index (Phi) is 21.3. The highest BCUT2D eigenvalue weighted by Gasteiger charge is 2.70. The Morgan fingerprint density at radius 3 is 1.52 bits per heavy atom. The second-order valence-electron chi connectivity index (χ2n) is 31.8. The highest BCUT2D eigenvalue weighted by molar-refractivity contribution is 6.48. The van der Waals surface area contributed by atoms with Gasteiger partial charge in [0.2, 0.25) is 5.70 Å². The van der Waals surface area contributed by atoms with Crippen molar-refractivity contribution in [3.05, 3.63) is 107 Å². The number of furan rings is 2. The highest BCUT2D eigenvalue weighted by atomic mass is 16.7. The van der Waals surface area contributed by atoms with E-state index in [1.807, 2.05) is 76.2 Å². The molecular weight excluding hydrogens is 1260 g/mol. The summed E-state index contributed by atoms with van der Waals surface area (Å²) in [6, 6.07) is 14.8. The summed E-state index contributed by atoms with van der Waals surface area (Å²) in [5, 5.41) is 14.3. The molecule has 12 fully saturated rings. The lowest BCUT2D eigenvalue weighted by molar-refractivity contribution is -0.199. The zero-order valence-electron chi connectivity index (χ0n) is 59.6. The number of ether oxygens (including phenoxy) is 2. The molecule has 6 saturated heterocycles. The number of amides is 6. The summed E-state index contributed by atoms with van der Waals surface area (Å²) in [6.07, 6.45) is 14.7. The van der Waals surface area contributed by atoms with Crippen molar-refractivity contribution < 1.29 is 60.9 Å². The third kappa shape index (κ3) is 14.7. The molecule has 23 nitrogen and oxygen atoms in total. The van der Waals surface area contributed by atoms with Crippen LogP contribution in [0.4, 0.5) is 9.59 Å². The second-order valence-corrected chi connectivity index (χ2v) is 31.8. The van der Waals surface area contributed by atoms with Gasteiger partial charge in [-0.2, -0.15) is 0 Å². The Morgan fingerprint density at radius 2 is 1.07 bits per heavy atom. The van der Waals surface area contributed by atoms with Crippen LogP contribution in [-0.2, 0) is 55.3 Å². The summed E-state index contributed by atoms with van der Waals surface area (Å²) in [6.45, 7) is 44.1. The smallest absolute Gasteiger partial charge is 0.464 e. The summed E-state index contributed by atoms with van der Waals surface area (Å²) < 4.78 is 49.1. The Bertz CT molecular complexity index is 3700. The number of rotatable bonds is 18. The molecule has 0 radical (unpaired) electrons. The molecule has 8 heterocycles. The van der Waals surface area contributed by atoms with Crippen LogP contribution in [0.3, 0.4) is 0 Å². The topological polar surface area (TPSA) is 237 Å². The van der Waals surface area contributed by atoms with E-state index in [9.17, 15) is 24.0 Å².